The molecule has 0 bridgehead atoms. The van der Waals surface area contributed by atoms with Gasteiger partial charge in [0.05, 0.1) is 36.9 Å². The number of hydrogen-bond acceptors (Lipinski definition) is 8. The predicted molar refractivity (Wildman–Crippen MR) is 127 cm³/mol. The van der Waals surface area contributed by atoms with Gasteiger partial charge in [-0.1, -0.05) is 6.92 Å². The molecule has 2 N–H and O–H groups in total. The smallest absolute Gasteiger partial charge is 0.227 e. The Balaban J connectivity index is 1.41. The fraction of sp³-hybridized carbons (Fsp3) is 0.400. The molecule has 3 heterocycles. The molecule has 1 atom stereocenters. The zero-order valence-electron chi connectivity index (χ0n) is 19.5. The lowest BCUT2D eigenvalue weighted by molar-refractivity contribution is 0.0783. The van der Waals surface area contributed by atoms with Crippen molar-refractivity contribution >= 4 is 17.3 Å². The van der Waals surface area contributed by atoms with Crippen molar-refractivity contribution in [2.24, 2.45) is 0 Å². The monoisotopic (exact) mass is 465 g/mol. The Morgan fingerprint density at radius 3 is 2.79 bits per heavy atom. The molecule has 178 valence electrons. The van der Waals surface area contributed by atoms with Crippen molar-refractivity contribution in [3.05, 3.63) is 53.7 Å². The number of aliphatic hydroxyl groups excluding tert-OH is 1. The molecule has 34 heavy (non-hydrogen) atoms. The van der Waals surface area contributed by atoms with Gasteiger partial charge in [0.15, 0.2) is 0 Å². The summed E-state index contributed by atoms with van der Waals surface area (Å²) in [7, 11) is 3.20. The van der Waals surface area contributed by atoms with Crippen LogP contribution in [-0.2, 0) is 16.6 Å². The number of anilines is 3. The van der Waals surface area contributed by atoms with Crippen LogP contribution in [0.25, 0.3) is 11.3 Å². The van der Waals surface area contributed by atoms with Crippen LogP contribution in [0.2, 0.25) is 0 Å². The molecule has 1 aromatic carbocycles. The number of aliphatic hydroxyl groups is 1. The van der Waals surface area contributed by atoms with Gasteiger partial charge in [0.2, 0.25) is 5.95 Å². The third kappa shape index (κ3) is 3.95. The Labute approximate surface area is 197 Å². The van der Waals surface area contributed by atoms with E-state index in [1.807, 2.05) is 11.0 Å². The molecular weight excluding hydrogens is 437 g/mol. The molecule has 0 saturated carbocycles. The molecule has 0 spiro atoms. The van der Waals surface area contributed by atoms with Gasteiger partial charge in [-0.05, 0) is 30.5 Å². The fourth-order valence-electron chi connectivity index (χ4n) is 4.58. The first-order chi connectivity index (χ1) is 16.4. The van der Waals surface area contributed by atoms with Crippen LogP contribution in [0.5, 0.6) is 5.75 Å². The van der Waals surface area contributed by atoms with E-state index in [9.17, 15) is 9.50 Å². The van der Waals surface area contributed by atoms with Gasteiger partial charge in [0, 0.05) is 61.4 Å². The molecule has 2 aromatic heterocycles. The van der Waals surface area contributed by atoms with Gasteiger partial charge < -0.3 is 24.8 Å². The quantitative estimate of drug-likeness (QED) is 0.548. The summed E-state index contributed by atoms with van der Waals surface area (Å²) in [4.78, 5) is 15.4. The highest BCUT2D eigenvalue weighted by Gasteiger charge is 2.35. The van der Waals surface area contributed by atoms with Crippen LogP contribution in [0.3, 0.4) is 0 Å². The van der Waals surface area contributed by atoms with Crippen LogP contribution in [0, 0.1) is 5.82 Å². The maximum absolute atomic E-state index is 14.9. The molecule has 0 radical (unpaired) electrons. The molecule has 1 fully saturated rings. The number of ether oxygens (including phenoxy) is 2. The van der Waals surface area contributed by atoms with Gasteiger partial charge in [-0.2, -0.15) is 0 Å². The molecule has 9 heteroatoms. The summed E-state index contributed by atoms with van der Waals surface area (Å²) >= 11 is 0. The highest BCUT2D eigenvalue weighted by molar-refractivity contribution is 5.70. The van der Waals surface area contributed by atoms with Crippen molar-refractivity contribution < 1.29 is 19.0 Å². The maximum atomic E-state index is 14.9. The number of aromatic nitrogens is 3. The topological polar surface area (TPSA) is 92.6 Å². The van der Waals surface area contributed by atoms with Crippen molar-refractivity contribution in [2.75, 3.05) is 44.1 Å². The number of pyridine rings is 1. The zero-order chi connectivity index (χ0) is 23.9. The van der Waals surface area contributed by atoms with Crippen molar-refractivity contribution in [1.29, 1.82) is 0 Å². The maximum Gasteiger partial charge on any atom is 0.227 e. The van der Waals surface area contributed by atoms with E-state index in [1.165, 1.54) is 6.07 Å². The minimum Gasteiger partial charge on any atom is -0.494 e. The minimum atomic E-state index is -0.361. The number of nitrogens with zero attached hydrogens (tertiary/aromatic N) is 4. The Kier molecular flexibility index (Phi) is 5.83. The average Bonchev–Trinajstić information content (AvgIpc) is 3.16. The second kappa shape index (κ2) is 8.81. The van der Waals surface area contributed by atoms with Crippen LogP contribution in [0.15, 0.2) is 36.7 Å². The molecule has 8 nitrogen and oxygen atoms in total. The van der Waals surface area contributed by atoms with Crippen molar-refractivity contribution in [3.63, 3.8) is 0 Å². The Bertz CT molecular complexity index is 1220. The minimum absolute atomic E-state index is 0.0760. The number of nitrogens with one attached hydrogen (secondary N) is 1. The van der Waals surface area contributed by atoms with Gasteiger partial charge in [-0.15, -0.1) is 0 Å². The van der Waals surface area contributed by atoms with E-state index in [1.54, 1.807) is 38.7 Å². The molecule has 0 amide bonds. The number of aryl methyl sites for hydroxylation is 1. The summed E-state index contributed by atoms with van der Waals surface area (Å²) < 4.78 is 25.7. The van der Waals surface area contributed by atoms with Gasteiger partial charge >= 0.3 is 0 Å². The molecule has 3 aromatic rings. The Morgan fingerprint density at radius 1 is 1.24 bits per heavy atom. The predicted octanol–water partition coefficient (Wildman–Crippen LogP) is 3.46. The summed E-state index contributed by atoms with van der Waals surface area (Å²) in [5.41, 5.74) is 4.21. The molecule has 1 aliphatic heterocycles. The number of halogens is 1. The number of methoxy groups -OCH3 is 2. The number of fused-ring (bicyclic) bond motifs is 1. The summed E-state index contributed by atoms with van der Waals surface area (Å²) in [5, 5.41) is 13.0. The van der Waals surface area contributed by atoms with E-state index < -0.39 is 0 Å². The van der Waals surface area contributed by atoms with Gasteiger partial charge in [0.25, 0.3) is 0 Å². The second-order valence-corrected chi connectivity index (χ2v) is 9.09. The lowest BCUT2D eigenvalue weighted by Gasteiger charge is -2.40. The van der Waals surface area contributed by atoms with Crippen molar-refractivity contribution in [2.45, 2.75) is 31.3 Å². The van der Waals surface area contributed by atoms with Crippen molar-refractivity contribution in [1.82, 2.24) is 15.0 Å². The normalized spacial score (nSPS) is 19.6. The highest BCUT2D eigenvalue weighted by Crippen LogP contribution is 2.39. The number of hydrogen-bond donors (Lipinski definition) is 2. The fourth-order valence-corrected chi connectivity index (χ4v) is 4.58. The first kappa shape index (κ1) is 22.5. The number of rotatable bonds is 7. The Morgan fingerprint density at radius 2 is 2.06 bits per heavy atom. The van der Waals surface area contributed by atoms with E-state index >= 15 is 0 Å². The summed E-state index contributed by atoms with van der Waals surface area (Å²) in [5.74, 6) is 0.445. The first-order valence-electron chi connectivity index (χ1n) is 11.3. The van der Waals surface area contributed by atoms with Crippen molar-refractivity contribution in [3.8, 4) is 17.0 Å². The largest absolute Gasteiger partial charge is 0.494 e. The lowest BCUT2D eigenvalue weighted by atomic mass is 9.85. The van der Waals surface area contributed by atoms with Crippen LogP contribution >= 0.6 is 0 Å². The van der Waals surface area contributed by atoms with Gasteiger partial charge in [-0.3, -0.25) is 4.98 Å². The summed E-state index contributed by atoms with van der Waals surface area (Å²) in [6.07, 6.45) is 5.28. The van der Waals surface area contributed by atoms with Crippen LogP contribution in [0.4, 0.5) is 21.7 Å². The molecule has 2 aliphatic rings. The molecular formula is C25H28FN5O3. The van der Waals surface area contributed by atoms with E-state index in [4.69, 9.17) is 9.47 Å². The molecule has 1 saturated heterocycles. The highest BCUT2D eigenvalue weighted by atomic mass is 19.1. The van der Waals surface area contributed by atoms with Gasteiger partial charge in [0.1, 0.15) is 11.6 Å². The van der Waals surface area contributed by atoms with Crippen LogP contribution in [0.1, 0.15) is 24.6 Å². The first-order valence-corrected chi connectivity index (χ1v) is 11.3. The van der Waals surface area contributed by atoms with E-state index in [0.29, 0.717) is 41.9 Å². The second-order valence-electron chi connectivity index (χ2n) is 9.09. The van der Waals surface area contributed by atoms with Gasteiger partial charge in [-0.25, -0.2) is 14.4 Å². The van der Waals surface area contributed by atoms with E-state index in [0.717, 1.165) is 29.7 Å². The van der Waals surface area contributed by atoms with Crippen LogP contribution in [-0.4, -0.2) is 60.1 Å². The standard InChI is InChI=1S/C25H28FN5O3/c1-25(14-32)6-4-20-17(25)8-15(11-28-20)19-5-7-27-24(29-19)30-21-9-18(26)22(10-23(21)34-3)31-12-16(13-31)33-2/h5,7-11,16,32H,4,6,12-14H2,1-3H3,(H,27,29,30). The third-order valence-electron chi connectivity index (χ3n) is 6.87. The third-order valence-corrected chi connectivity index (χ3v) is 6.87. The molecule has 1 unspecified atom stereocenters. The summed E-state index contributed by atoms with van der Waals surface area (Å²) in [6.45, 7) is 3.40. The van der Waals surface area contributed by atoms with E-state index in [-0.39, 0.29) is 23.9 Å². The molecule has 5 rings (SSSR count). The Hall–Kier alpha value is -3.30. The van der Waals surface area contributed by atoms with Crippen LogP contribution < -0.4 is 15.0 Å². The average molecular weight is 466 g/mol. The number of benzene rings is 1. The SMILES string of the molecule is COc1cc(N2CC(OC)C2)c(F)cc1Nc1nccc(-c2cnc3c(c2)C(C)(CO)CC3)n1. The van der Waals surface area contributed by atoms with E-state index in [2.05, 4.69) is 27.2 Å². The summed E-state index contributed by atoms with van der Waals surface area (Å²) in [6, 6.07) is 6.92. The molecule has 1 aliphatic carbocycles. The zero-order valence-corrected chi connectivity index (χ0v) is 19.5. The lowest BCUT2D eigenvalue weighted by Crippen LogP contribution is -2.52.